The number of rotatable bonds is 3. The number of nitrogen functional groups attached to an aromatic ring is 1. The van der Waals surface area contributed by atoms with E-state index in [1.165, 1.54) is 0 Å². The van der Waals surface area contributed by atoms with Crippen molar-refractivity contribution in [2.45, 2.75) is 6.92 Å². The van der Waals surface area contributed by atoms with Crippen molar-refractivity contribution in [3.8, 4) is 28.7 Å². The molecule has 180 valence electrons. The summed E-state index contributed by atoms with van der Waals surface area (Å²) in [5.41, 5.74) is 12.4. The average Bonchev–Trinajstić information content (AvgIpc) is 3.46. The van der Waals surface area contributed by atoms with Gasteiger partial charge >= 0.3 is 0 Å². The average molecular weight is 480 g/mol. The smallest absolute Gasteiger partial charge is 0.261 e. The second-order valence-electron chi connectivity index (χ2n) is 9.25. The molecule has 6 rings (SSSR count). The Bertz CT molecular complexity index is 1730. The highest BCUT2D eigenvalue weighted by molar-refractivity contribution is 6.01. The van der Waals surface area contributed by atoms with Gasteiger partial charge in [-0.15, -0.1) is 0 Å². The minimum atomic E-state index is -0.305. The largest absolute Gasteiger partial charge is 0.397 e. The first-order chi connectivity index (χ1) is 17.4. The van der Waals surface area contributed by atoms with Crippen molar-refractivity contribution in [2.24, 2.45) is 0 Å². The molecule has 10 nitrogen and oxygen atoms in total. The maximum atomic E-state index is 13.1. The third-order valence-electron chi connectivity index (χ3n) is 7.07. The van der Waals surface area contributed by atoms with Gasteiger partial charge in [-0.1, -0.05) is 0 Å². The molecule has 0 unspecified atom stereocenters. The zero-order valence-electron chi connectivity index (χ0n) is 20.0. The molecule has 0 atom stereocenters. The van der Waals surface area contributed by atoms with E-state index in [-0.39, 0.29) is 5.56 Å². The number of imidazole rings is 1. The van der Waals surface area contributed by atoms with Crippen LogP contribution in [0.4, 0.5) is 11.4 Å². The van der Waals surface area contributed by atoms with Crippen LogP contribution in [0.25, 0.3) is 44.6 Å². The number of aromatic amines is 3. The van der Waals surface area contributed by atoms with Gasteiger partial charge in [0.25, 0.3) is 5.56 Å². The van der Waals surface area contributed by atoms with Crippen molar-refractivity contribution in [3.05, 3.63) is 58.3 Å². The van der Waals surface area contributed by atoms with E-state index in [1.54, 1.807) is 18.6 Å². The van der Waals surface area contributed by atoms with Gasteiger partial charge < -0.3 is 30.5 Å². The van der Waals surface area contributed by atoms with Crippen molar-refractivity contribution >= 4 is 33.3 Å². The van der Waals surface area contributed by atoms with E-state index in [1.807, 2.05) is 13.0 Å². The lowest BCUT2D eigenvalue weighted by atomic mass is 10.0. The molecule has 5 N–H and O–H groups in total. The van der Waals surface area contributed by atoms with E-state index in [0.29, 0.717) is 44.8 Å². The number of H-pyrrole nitrogens is 3. The Kier molecular flexibility index (Phi) is 5.01. The summed E-state index contributed by atoms with van der Waals surface area (Å²) in [5, 5.41) is 10.6. The third-order valence-corrected chi connectivity index (χ3v) is 7.07. The molecule has 36 heavy (non-hydrogen) atoms. The predicted octanol–water partition coefficient (Wildman–Crippen LogP) is 2.98. The predicted molar refractivity (Wildman–Crippen MR) is 141 cm³/mol. The Hall–Kier alpha value is -4.62. The van der Waals surface area contributed by atoms with E-state index in [0.717, 1.165) is 48.5 Å². The molecule has 1 aliphatic rings. The Balaban J connectivity index is 1.50. The summed E-state index contributed by atoms with van der Waals surface area (Å²) < 4.78 is 0. The van der Waals surface area contributed by atoms with Crippen molar-refractivity contribution in [1.82, 2.24) is 29.8 Å². The van der Waals surface area contributed by atoms with Crippen molar-refractivity contribution in [3.63, 3.8) is 0 Å². The summed E-state index contributed by atoms with van der Waals surface area (Å²) in [4.78, 5) is 36.1. The van der Waals surface area contributed by atoms with Crippen LogP contribution in [0.3, 0.4) is 0 Å². The number of hydrogen-bond acceptors (Lipinski definition) is 7. The van der Waals surface area contributed by atoms with Crippen LogP contribution in [0.2, 0.25) is 0 Å². The molecule has 10 heteroatoms. The molecule has 0 radical (unpaired) electrons. The van der Waals surface area contributed by atoms with Gasteiger partial charge in [-0.3, -0.25) is 9.78 Å². The summed E-state index contributed by atoms with van der Waals surface area (Å²) in [6, 6.07) is 8.39. The van der Waals surface area contributed by atoms with Gasteiger partial charge in [0.05, 0.1) is 39.7 Å². The monoisotopic (exact) mass is 479 g/mol. The van der Waals surface area contributed by atoms with E-state index < -0.39 is 0 Å². The lowest BCUT2D eigenvalue weighted by Gasteiger charge is -2.34. The molecule has 5 aromatic rings. The van der Waals surface area contributed by atoms with Crippen molar-refractivity contribution in [1.29, 1.82) is 5.26 Å². The molecule has 1 fully saturated rings. The van der Waals surface area contributed by atoms with Crippen LogP contribution in [0.15, 0.2) is 41.6 Å². The molecular weight excluding hydrogens is 454 g/mol. The van der Waals surface area contributed by atoms with E-state index in [4.69, 9.17) is 10.7 Å². The standard InChI is InChI=1S/C26H25N9O/c1-14-17(11-29-13-19(14)28)23-16(10-27)18-12-30-26(36)22(24(18)33-23)25-31-20-4-3-15(9-21(20)32-25)35-7-5-34(2)6-8-35/h3-4,9,11-13,33H,5-8,28H2,1-2H3,(H,30,36)(H,31,32). The number of likely N-dealkylation sites (N-methyl/N-ethyl adjacent to an activating group) is 1. The topological polar surface area (TPSA) is 147 Å². The van der Waals surface area contributed by atoms with Crippen LogP contribution in [-0.2, 0) is 0 Å². The van der Waals surface area contributed by atoms with Gasteiger partial charge in [0.1, 0.15) is 17.5 Å². The van der Waals surface area contributed by atoms with Crippen LogP contribution in [-0.4, -0.2) is 63.0 Å². The van der Waals surface area contributed by atoms with Crippen LogP contribution >= 0.6 is 0 Å². The normalized spacial score (nSPS) is 14.5. The molecule has 4 aromatic heterocycles. The first-order valence-electron chi connectivity index (χ1n) is 11.8. The number of hydrogen-bond donors (Lipinski definition) is 4. The number of aromatic nitrogens is 5. The number of pyridine rings is 2. The van der Waals surface area contributed by atoms with Crippen LogP contribution in [0.1, 0.15) is 11.1 Å². The Morgan fingerprint density at radius 3 is 2.72 bits per heavy atom. The van der Waals surface area contributed by atoms with Gasteiger partial charge in [0, 0.05) is 55.2 Å². The van der Waals surface area contributed by atoms with Crippen LogP contribution in [0, 0.1) is 18.3 Å². The van der Waals surface area contributed by atoms with Gasteiger partial charge in [0.2, 0.25) is 0 Å². The number of piperazine rings is 1. The lowest BCUT2D eigenvalue weighted by Crippen LogP contribution is -2.44. The van der Waals surface area contributed by atoms with Gasteiger partial charge in [-0.2, -0.15) is 5.26 Å². The zero-order valence-corrected chi connectivity index (χ0v) is 20.0. The molecule has 0 saturated carbocycles. The van der Waals surface area contributed by atoms with E-state index >= 15 is 0 Å². The number of nitrogens with zero attached hydrogens (tertiary/aromatic N) is 5. The molecule has 1 saturated heterocycles. The molecule has 0 aliphatic carbocycles. The van der Waals surface area contributed by atoms with Crippen LogP contribution in [0.5, 0.6) is 0 Å². The van der Waals surface area contributed by atoms with Gasteiger partial charge in [0.15, 0.2) is 0 Å². The molecule has 1 aliphatic heterocycles. The SMILES string of the molecule is Cc1c(N)cncc1-c1[nH]c2c(-c3nc4ccc(N5CCN(C)CC5)cc4[nH]3)c(=O)[nH]cc2c1C#N. The van der Waals surface area contributed by atoms with Crippen molar-refractivity contribution in [2.75, 3.05) is 43.9 Å². The Morgan fingerprint density at radius 1 is 1.14 bits per heavy atom. The fourth-order valence-electron chi connectivity index (χ4n) is 4.89. The number of nitrogens with two attached hydrogens (primary N) is 1. The highest BCUT2D eigenvalue weighted by Crippen LogP contribution is 2.35. The molecule has 5 heterocycles. The number of nitriles is 1. The number of anilines is 2. The van der Waals surface area contributed by atoms with E-state index in [9.17, 15) is 10.1 Å². The highest BCUT2D eigenvalue weighted by Gasteiger charge is 2.22. The number of benzene rings is 1. The van der Waals surface area contributed by atoms with Crippen LogP contribution < -0.4 is 16.2 Å². The minimum absolute atomic E-state index is 0.305. The second-order valence-corrected chi connectivity index (χ2v) is 9.25. The van der Waals surface area contributed by atoms with Gasteiger partial charge in [-0.25, -0.2) is 4.98 Å². The minimum Gasteiger partial charge on any atom is -0.397 e. The third kappa shape index (κ3) is 3.40. The fourth-order valence-corrected chi connectivity index (χ4v) is 4.89. The highest BCUT2D eigenvalue weighted by atomic mass is 16.1. The number of nitrogens with one attached hydrogen (secondary N) is 3. The van der Waals surface area contributed by atoms with Crippen molar-refractivity contribution < 1.29 is 0 Å². The van der Waals surface area contributed by atoms with Gasteiger partial charge in [-0.05, 0) is 37.7 Å². The number of fused-ring (bicyclic) bond motifs is 2. The fraction of sp³-hybridized carbons (Fsp3) is 0.231. The summed E-state index contributed by atoms with van der Waals surface area (Å²) in [5.74, 6) is 0.437. The lowest BCUT2D eigenvalue weighted by molar-refractivity contribution is 0.313. The Labute approximate surface area is 206 Å². The summed E-state index contributed by atoms with van der Waals surface area (Å²) in [6.45, 7) is 5.83. The summed E-state index contributed by atoms with van der Waals surface area (Å²) >= 11 is 0. The maximum absolute atomic E-state index is 13.1. The summed E-state index contributed by atoms with van der Waals surface area (Å²) in [7, 11) is 2.13. The first-order valence-corrected chi connectivity index (χ1v) is 11.8. The molecule has 0 bridgehead atoms. The van der Waals surface area contributed by atoms with E-state index in [2.05, 4.69) is 55.0 Å². The first kappa shape index (κ1) is 21.9. The maximum Gasteiger partial charge on any atom is 0.261 e. The molecular formula is C26H25N9O. The molecule has 1 aromatic carbocycles. The zero-order chi connectivity index (χ0) is 25.0. The second kappa shape index (κ2) is 8.25. The Morgan fingerprint density at radius 2 is 1.94 bits per heavy atom. The molecule has 0 amide bonds. The quantitative estimate of drug-likeness (QED) is 0.311. The summed E-state index contributed by atoms with van der Waals surface area (Å²) in [6.07, 6.45) is 4.80. The molecule has 0 spiro atoms.